The quantitative estimate of drug-likeness (QED) is 0.415. The fourth-order valence-corrected chi connectivity index (χ4v) is 5.92. The Morgan fingerprint density at radius 1 is 1.11 bits per heavy atom. The van der Waals surface area contributed by atoms with E-state index in [1.807, 2.05) is 44.2 Å². The van der Waals surface area contributed by atoms with Gasteiger partial charge in [-0.25, -0.2) is 8.78 Å². The highest BCUT2D eigenvalue weighted by Crippen LogP contribution is 2.77. The minimum absolute atomic E-state index is 0.0573. The smallest absolute Gasteiger partial charge is 0.171 e. The number of benzene rings is 2. The molecule has 0 saturated heterocycles. The van der Waals surface area contributed by atoms with Crippen molar-refractivity contribution in [2.24, 2.45) is 11.3 Å². The molecule has 4 aliphatic rings. The van der Waals surface area contributed by atoms with E-state index in [0.29, 0.717) is 23.5 Å². The highest BCUT2D eigenvalue weighted by Gasteiger charge is 2.76. The van der Waals surface area contributed by atoms with E-state index < -0.39 is 23.1 Å². The zero-order chi connectivity index (χ0) is 24.5. The number of halogens is 2. The molecule has 2 unspecified atom stereocenters. The van der Waals surface area contributed by atoms with Gasteiger partial charge < -0.3 is 4.90 Å². The van der Waals surface area contributed by atoms with Crippen LogP contribution < -0.4 is 4.90 Å². The molecule has 2 atom stereocenters. The number of ketones is 2. The highest BCUT2D eigenvalue weighted by molar-refractivity contribution is 6.04. The Kier molecular flexibility index (Phi) is 4.93. The number of aryl methyl sites for hydroxylation is 1. The molecule has 0 N–H and O–H groups in total. The highest BCUT2D eigenvalue weighted by atomic mass is 19.1. The number of anilines is 1. The third-order valence-corrected chi connectivity index (χ3v) is 8.59. The summed E-state index contributed by atoms with van der Waals surface area (Å²) in [5, 5.41) is 0. The number of para-hydroxylation sites is 1. The van der Waals surface area contributed by atoms with Gasteiger partial charge in [0.25, 0.3) is 0 Å². The summed E-state index contributed by atoms with van der Waals surface area (Å²) >= 11 is 0. The average Bonchev–Trinajstić information content (AvgIpc) is 3.75. The molecule has 2 spiro atoms. The Hall–Kier alpha value is -3.08. The number of allylic oxidation sites excluding steroid dienone is 2. The maximum Gasteiger partial charge on any atom is 0.171 e. The van der Waals surface area contributed by atoms with Crippen molar-refractivity contribution in [2.45, 2.75) is 63.8 Å². The van der Waals surface area contributed by atoms with Crippen LogP contribution in [-0.4, -0.2) is 17.1 Å². The second kappa shape index (κ2) is 7.71. The lowest BCUT2D eigenvalue weighted by Gasteiger charge is -2.34. The molecule has 5 heteroatoms. The molecular weight excluding hydrogens is 444 g/mol. The molecule has 0 bridgehead atoms. The van der Waals surface area contributed by atoms with Crippen molar-refractivity contribution in [3.05, 3.63) is 88.6 Å². The lowest BCUT2D eigenvalue weighted by molar-refractivity contribution is -0.116. The molecular formula is C30H29F2NO2. The van der Waals surface area contributed by atoms with Crippen LogP contribution in [0.1, 0.15) is 72.9 Å². The van der Waals surface area contributed by atoms with Gasteiger partial charge in [-0.3, -0.25) is 9.59 Å². The summed E-state index contributed by atoms with van der Waals surface area (Å²) in [5.74, 6) is -1.25. The molecule has 35 heavy (non-hydrogen) atoms. The van der Waals surface area contributed by atoms with E-state index in [9.17, 15) is 18.4 Å². The van der Waals surface area contributed by atoms with Gasteiger partial charge in [-0.05, 0) is 74.3 Å². The van der Waals surface area contributed by atoms with Gasteiger partial charge in [-0.2, -0.15) is 0 Å². The summed E-state index contributed by atoms with van der Waals surface area (Å²) in [6, 6.07) is 9.48. The summed E-state index contributed by atoms with van der Waals surface area (Å²) < 4.78 is 29.7. The molecule has 1 heterocycles. The molecule has 6 rings (SSSR count). The largest absolute Gasteiger partial charge is 0.332 e. The molecule has 3 aliphatic carbocycles. The first-order valence-electron chi connectivity index (χ1n) is 12.6. The van der Waals surface area contributed by atoms with Crippen molar-refractivity contribution in [2.75, 3.05) is 4.90 Å². The van der Waals surface area contributed by atoms with Gasteiger partial charge in [0.15, 0.2) is 11.6 Å². The summed E-state index contributed by atoms with van der Waals surface area (Å²) in [4.78, 5) is 28.0. The van der Waals surface area contributed by atoms with Gasteiger partial charge in [0.2, 0.25) is 0 Å². The second-order valence-electron chi connectivity index (χ2n) is 11.0. The van der Waals surface area contributed by atoms with E-state index in [2.05, 4.69) is 0 Å². The fourth-order valence-electron chi connectivity index (χ4n) is 5.92. The number of fused-ring (bicyclic) bond motifs is 1. The number of Topliss-reactive ketones (excluding diaryl/α,β-unsaturated/α-hetero) is 2. The molecule has 1 aliphatic heterocycles. The van der Waals surface area contributed by atoms with Crippen molar-refractivity contribution in [1.82, 2.24) is 0 Å². The maximum atomic E-state index is 14.8. The Morgan fingerprint density at radius 2 is 1.83 bits per heavy atom. The first kappa shape index (κ1) is 22.4. The van der Waals surface area contributed by atoms with Crippen LogP contribution >= 0.6 is 0 Å². The molecule has 0 radical (unpaired) electrons. The SMILES string of the molecule is Cc1ccc(C(=O)CC2CC2)cc1C(C)C(=O)C1=CN(c2c(F)cccc2F)C2(C=C1)CC21CC1. The topological polar surface area (TPSA) is 37.4 Å². The van der Waals surface area contributed by atoms with E-state index >= 15 is 0 Å². The van der Waals surface area contributed by atoms with Gasteiger partial charge >= 0.3 is 0 Å². The number of rotatable bonds is 7. The van der Waals surface area contributed by atoms with E-state index in [1.165, 1.54) is 18.2 Å². The number of hydrogen-bond acceptors (Lipinski definition) is 3. The number of hydrogen-bond donors (Lipinski definition) is 0. The second-order valence-corrected chi connectivity index (χ2v) is 11.0. The third kappa shape index (κ3) is 3.59. The van der Waals surface area contributed by atoms with Crippen LogP contribution in [0.4, 0.5) is 14.5 Å². The zero-order valence-corrected chi connectivity index (χ0v) is 20.1. The van der Waals surface area contributed by atoms with E-state index in [-0.39, 0.29) is 22.7 Å². The van der Waals surface area contributed by atoms with Crippen LogP contribution in [0.3, 0.4) is 0 Å². The van der Waals surface area contributed by atoms with E-state index in [1.54, 1.807) is 11.1 Å². The molecule has 3 saturated carbocycles. The van der Waals surface area contributed by atoms with Crippen LogP contribution in [0.5, 0.6) is 0 Å². The van der Waals surface area contributed by atoms with Gasteiger partial charge in [-0.1, -0.05) is 37.3 Å². The Bertz CT molecular complexity index is 1300. The Morgan fingerprint density at radius 3 is 2.46 bits per heavy atom. The van der Waals surface area contributed by atoms with Crippen LogP contribution in [0.15, 0.2) is 60.3 Å². The van der Waals surface area contributed by atoms with Crippen LogP contribution in [0.2, 0.25) is 0 Å². The van der Waals surface area contributed by atoms with E-state index in [4.69, 9.17) is 0 Å². The number of carbonyl (C=O) groups is 2. The summed E-state index contributed by atoms with van der Waals surface area (Å²) in [7, 11) is 0. The monoisotopic (exact) mass is 473 g/mol. The zero-order valence-electron chi connectivity index (χ0n) is 20.1. The van der Waals surface area contributed by atoms with Gasteiger partial charge in [0.1, 0.15) is 17.3 Å². The molecule has 0 amide bonds. The number of carbonyl (C=O) groups excluding carboxylic acids is 2. The average molecular weight is 474 g/mol. The molecule has 2 aromatic carbocycles. The van der Waals surface area contributed by atoms with Gasteiger partial charge in [0, 0.05) is 35.1 Å². The lowest BCUT2D eigenvalue weighted by atomic mass is 9.86. The molecule has 180 valence electrons. The summed E-state index contributed by atoms with van der Waals surface area (Å²) in [6.45, 7) is 3.78. The Labute approximate surface area is 204 Å². The van der Waals surface area contributed by atoms with Crippen molar-refractivity contribution < 1.29 is 18.4 Å². The minimum Gasteiger partial charge on any atom is -0.332 e. The van der Waals surface area contributed by atoms with E-state index in [0.717, 1.165) is 43.2 Å². The normalized spacial score (nSPS) is 24.5. The summed E-state index contributed by atoms with van der Waals surface area (Å²) in [5.41, 5.74) is 2.33. The predicted octanol–water partition coefficient (Wildman–Crippen LogP) is 6.81. The standard InChI is InChI=1S/C30H29F2NO2/c1-18-6-9-21(26(34)14-20-7-8-20)15-23(18)19(2)28(35)22-10-11-30(17-29(30)12-13-29)33(16-22)27-24(31)4-3-5-25(27)32/h3-6,9-11,15-16,19-20H,7-8,12-14,17H2,1-2H3. The first-order valence-corrected chi connectivity index (χ1v) is 12.6. The van der Waals surface area contributed by atoms with Crippen LogP contribution in [-0.2, 0) is 4.79 Å². The predicted molar refractivity (Wildman–Crippen MR) is 131 cm³/mol. The maximum absolute atomic E-state index is 14.8. The lowest BCUT2D eigenvalue weighted by Crippen LogP contribution is -2.38. The van der Waals surface area contributed by atoms with Gasteiger partial charge in [-0.15, -0.1) is 0 Å². The van der Waals surface area contributed by atoms with Crippen molar-refractivity contribution >= 4 is 17.3 Å². The molecule has 3 nitrogen and oxygen atoms in total. The Balaban J connectivity index is 1.33. The van der Waals surface area contributed by atoms with Crippen LogP contribution in [0.25, 0.3) is 0 Å². The molecule has 3 fully saturated rings. The van der Waals surface area contributed by atoms with Gasteiger partial charge in [0.05, 0.1) is 5.54 Å². The number of nitrogens with zero attached hydrogens (tertiary/aromatic N) is 1. The minimum atomic E-state index is -0.629. The third-order valence-electron chi connectivity index (χ3n) is 8.59. The van der Waals surface area contributed by atoms with Crippen LogP contribution in [0, 0.1) is 29.9 Å². The fraction of sp³-hybridized carbons (Fsp3) is 0.400. The molecule has 2 aromatic rings. The first-order chi connectivity index (χ1) is 16.7. The summed E-state index contributed by atoms with van der Waals surface area (Å²) in [6.07, 6.45) is 11.1. The van der Waals surface area contributed by atoms with Crippen molar-refractivity contribution in [3.8, 4) is 0 Å². The van der Waals surface area contributed by atoms with Crippen molar-refractivity contribution in [1.29, 1.82) is 0 Å². The van der Waals surface area contributed by atoms with Crippen molar-refractivity contribution in [3.63, 3.8) is 0 Å². The molecule has 0 aromatic heterocycles.